The topological polar surface area (TPSA) is 38.0 Å². The highest BCUT2D eigenvalue weighted by atomic mass is 32.2. The minimum absolute atomic E-state index is 0.306. The summed E-state index contributed by atoms with van der Waals surface area (Å²) in [5.74, 6) is 0.967. The van der Waals surface area contributed by atoms with Crippen LogP contribution >= 0.6 is 11.8 Å². The molecule has 1 aliphatic carbocycles. The van der Waals surface area contributed by atoms with E-state index in [0.29, 0.717) is 12.6 Å². The summed E-state index contributed by atoms with van der Waals surface area (Å²) >= 11 is 1.78. The van der Waals surface area contributed by atoms with Crippen molar-refractivity contribution in [3.05, 3.63) is 29.8 Å². The van der Waals surface area contributed by atoms with Crippen molar-refractivity contribution < 1.29 is 0 Å². The lowest BCUT2D eigenvalue weighted by Gasteiger charge is -2.26. The molecule has 1 aromatic carbocycles. The summed E-state index contributed by atoms with van der Waals surface area (Å²) in [4.78, 5) is 1.31. The van der Waals surface area contributed by atoms with Gasteiger partial charge in [0.1, 0.15) is 0 Å². The van der Waals surface area contributed by atoms with Crippen molar-refractivity contribution in [2.75, 3.05) is 19.3 Å². The van der Waals surface area contributed by atoms with Gasteiger partial charge in [0, 0.05) is 17.5 Å². The maximum atomic E-state index is 5.87. The Kier molecular flexibility index (Phi) is 5.54. The average molecular weight is 264 g/mol. The Labute approximate surface area is 115 Å². The van der Waals surface area contributed by atoms with Crippen molar-refractivity contribution in [1.82, 2.24) is 5.32 Å². The summed E-state index contributed by atoms with van der Waals surface area (Å²) in [6.07, 6.45) is 7.70. The molecule has 0 heterocycles. The lowest BCUT2D eigenvalue weighted by atomic mass is 9.83. The Morgan fingerprint density at radius 3 is 2.56 bits per heavy atom. The monoisotopic (exact) mass is 264 g/mol. The number of nitrogens with one attached hydrogen (secondary N) is 1. The van der Waals surface area contributed by atoms with Gasteiger partial charge in [0.15, 0.2) is 0 Å². The quantitative estimate of drug-likeness (QED) is 0.743. The van der Waals surface area contributed by atoms with Crippen molar-refractivity contribution in [1.29, 1.82) is 0 Å². The molecule has 2 nitrogen and oxygen atoms in total. The first-order chi connectivity index (χ1) is 8.83. The van der Waals surface area contributed by atoms with Gasteiger partial charge in [-0.15, -0.1) is 11.8 Å². The molecule has 100 valence electrons. The second-order valence-electron chi connectivity index (χ2n) is 5.10. The van der Waals surface area contributed by atoms with E-state index < -0.39 is 0 Å². The van der Waals surface area contributed by atoms with Gasteiger partial charge in [0.25, 0.3) is 0 Å². The lowest BCUT2D eigenvalue weighted by Crippen LogP contribution is -2.30. The van der Waals surface area contributed by atoms with E-state index >= 15 is 0 Å². The molecule has 1 atom stereocenters. The predicted molar refractivity (Wildman–Crippen MR) is 80.0 cm³/mol. The lowest BCUT2D eigenvalue weighted by molar-refractivity contribution is 0.288. The van der Waals surface area contributed by atoms with Crippen LogP contribution in [0.2, 0.25) is 0 Å². The molecule has 0 saturated heterocycles. The van der Waals surface area contributed by atoms with Crippen LogP contribution in [0.4, 0.5) is 0 Å². The maximum absolute atomic E-state index is 5.87. The second kappa shape index (κ2) is 7.17. The van der Waals surface area contributed by atoms with Crippen LogP contribution in [0.5, 0.6) is 0 Å². The fraction of sp³-hybridized carbons (Fsp3) is 0.600. The molecule has 1 saturated carbocycles. The van der Waals surface area contributed by atoms with E-state index in [1.807, 2.05) is 0 Å². The minimum atomic E-state index is 0.306. The largest absolute Gasteiger partial charge is 0.329 e. The predicted octanol–water partition coefficient (Wildman–Crippen LogP) is 3.19. The summed E-state index contributed by atoms with van der Waals surface area (Å²) < 4.78 is 0. The van der Waals surface area contributed by atoms with Gasteiger partial charge in [-0.2, -0.15) is 0 Å². The van der Waals surface area contributed by atoms with Crippen LogP contribution in [-0.2, 0) is 0 Å². The van der Waals surface area contributed by atoms with Crippen molar-refractivity contribution in [2.24, 2.45) is 11.7 Å². The van der Waals surface area contributed by atoms with E-state index in [1.54, 1.807) is 11.8 Å². The highest BCUT2D eigenvalue weighted by Crippen LogP contribution is 2.29. The fourth-order valence-corrected chi connectivity index (χ4v) is 2.82. The average Bonchev–Trinajstić information content (AvgIpc) is 2.37. The first kappa shape index (κ1) is 13.9. The molecule has 0 aliphatic heterocycles. The zero-order valence-corrected chi connectivity index (χ0v) is 12.0. The Balaban J connectivity index is 1.81. The smallest absolute Gasteiger partial charge is 0.0444 e. The van der Waals surface area contributed by atoms with Gasteiger partial charge >= 0.3 is 0 Å². The van der Waals surface area contributed by atoms with Crippen LogP contribution in [0.15, 0.2) is 29.2 Å². The van der Waals surface area contributed by atoms with Gasteiger partial charge in [0.2, 0.25) is 0 Å². The number of rotatable bonds is 7. The fourth-order valence-electron chi connectivity index (χ4n) is 2.42. The van der Waals surface area contributed by atoms with E-state index in [-0.39, 0.29) is 0 Å². The molecule has 0 bridgehead atoms. The van der Waals surface area contributed by atoms with E-state index in [2.05, 4.69) is 35.8 Å². The van der Waals surface area contributed by atoms with E-state index in [0.717, 1.165) is 12.5 Å². The van der Waals surface area contributed by atoms with Crippen LogP contribution in [0, 0.1) is 5.92 Å². The maximum Gasteiger partial charge on any atom is 0.0444 e. The third-order valence-corrected chi connectivity index (χ3v) is 4.67. The molecule has 1 fully saturated rings. The van der Waals surface area contributed by atoms with Crippen LogP contribution < -0.4 is 11.1 Å². The number of benzene rings is 1. The second-order valence-corrected chi connectivity index (χ2v) is 5.98. The molecule has 18 heavy (non-hydrogen) atoms. The molecule has 1 aliphatic rings. The van der Waals surface area contributed by atoms with Gasteiger partial charge in [-0.25, -0.2) is 0 Å². The molecule has 0 radical (unpaired) electrons. The summed E-state index contributed by atoms with van der Waals surface area (Å²) in [5.41, 5.74) is 7.18. The van der Waals surface area contributed by atoms with Gasteiger partial charge in [-0.05, 0) is 42.8 Å². The van der Waals surface area contributed by atoms with Gasteiger partial charge in [0.05, 0.1) is 0 Å². The van der Waals surface area contributed by atoms with Crippen LogP contribution in [0.3, 0.4) is 0 Å². The van der Waals surface area contributed by atoms with Gasteiger partial charge in [-0.1, -0.05) is 31.4 Å². The molecule has 3 N–H and O–H groups in total. The molecule has 0 amide bonds. The number of hydrogen-bond acceptors (Lipinski definition) is 3. The number of thioether (sulfide) groups is 1. The van der Waals surface area contributed by atoms with E-state index in [4.69, 9.17) is 5.73 Å². The van der Waals surface area contributed by atoms with Crippen molar-refractivity contribution >= 4 is 11.8 Å². The SMILES string of the molecule is CSc1ccc(C(CN)NCCC2CCC2)cc1. The van der Waals surface area contributed by atoms with E-state index in [9.17, 15) is 0 Å². The summed E-state index contributed by atoms with van der Waals surface area (Å²) in [6, 6.07) is 9.05. The van der Waals surface area contributed by atoms with Crippen LogP contribution in [0.1, 0.15) is 37.3 Å². The zero-order chi connectivity index (χ0) is 12.8. The Hall–Kier alpha value is -0.510. The Morgan fingerprint density at radius 1 is 1.33 bits per heavy atom. The molecule has 3 heteroatoms. The first-order valence-electron chi connectivity index (χ1n) is 6.91. The third-order valence-electron chi connectivity index (χ3n) is 3.92. The molecule has 1 unspecified atom stereocenters. The van der Waals surface area contributed by atoms with Gasteiger partial charge < -0.3 is 11.1 Å². The van der Waals surface area contributed by atoms with E-state index in [1.165, 1.54) is 36.1 Å². The highest BCUT2D eigenvalue weighted by Gasteiger charge is 2.17. The van der Waals surface area contributed by atoms with Crippen LogP contribution in [0.25, 0.3) is 0 Å². The first-order valence-corrected chi connectivity index (χ1v) is 8.13. The number of hydrogen-bond donors (Lipinski definition) is 2. The molecular weight excluding hydrogens is 240 g/mol. The summed E-state index contributed by atoms with van der Waals surface area (Å²) in [6.45, 7) is 1.76. The molecular formula is C15H24N2S. The molecule has 0 spiro atoms. The summed E-state index contributed by atoms with van der Waals surface area (Å²) in [5, 5.41) is 3.59. The Bertz CT molecular complexity index is 346. The van der Waals surface area contributed by atoms with Crippen molar-refractivity contribution in [3.63, 3.8) is 0 Å². The summed E-state index contributed by atoms with van der Waals surface area (Å²) in [7, 11) is 0. The number of nitrogens with two attached hydrogens (primary N) is 1. The third kappa shape index (κ3) is 3.74. The van der Waals surface area contributed by atoms with Crippen molar-refractivity contribution in [2.45, 2.75) is 36.6 Å². The highest BCUT2D eigenvalue weighted by molar-refractivity contribution is 7.98. The molecule has 1 aromatic rings. The van der Waals surface area contributed by atoms with Crippen molar-refractivity contribution in [3.8, 4) is 0 Å². The Morgan fingerprint density at radius 2 is 2.06 bits per heavy atom. The minimum Gasteiger partial charge on any atom is -0.329 e. The normalized spacial score (nSPS) is 17.4. The zero-order valence-electron chi connectivity index (χ0n) is 11.2. The van der Waals surface area contributed by atoms with Gasteiger partial charge in [-0.3, -0.25) is 0 Å². The standard InChI is InChI=1S/C15H24N2S/c1-18-14-7-5-13(6-8-14)15(11-16)17-10-9-12-3-2-4-12/h5-8,12,15,17H,2-4,9-11,16H2,1H3. The van der Waals surface area contributed by atoms with Crippen LogP contribution in [-0.4, -0.2) is 19.3 Å². The molecule has 0 aromatic heterocycles. The molecule has 2 rings (SSSR count).